The van der Waals surface area contributed by atoms with Gasteiger partial charge in [-0.1, -0.05) is 0 Å². The van der Waals surface area contributed by atoms with E-state index in [4.69, 9.17) is 5.14 Å². The summed E-state index contributed by atoms with van der Waals surface area (Å²) in [5, 5.41) is 4.95. The maximum Gasteiger partial charge on any atom is 0.216 e. The van der Waals surface area contributed by atoms with Crippen molar-refractivity contribution in [1.29, 1.82) is 0 Å². The van der Waals surface area contributed by atoms with Crippen molar-refractivity contribution < 1.29 is 8.42 Å². The lowest BCUT2D eigenvalue weighted by atomic mass is 10.4. The van der Waals surface area contributed by atoms with E-state index in [1.54, 1.807) is 12.3 Å². The molecule has 0 spiro atoms. The molecule has 2 N–H and O–H groups in total. The van der Waals surface area contributed by atoms with Crippen LogP contribution in [0.25, 0.3) is 0 Å². The molecular weight excluding hydrogens is 228 g/mol. The quantitative estimate of drug-likeness (QED) is 0.797. The Morgan fingerprint density at radius 3 is 2.69 bits per heavy atom. The van der Waals surface area contributed by atoms with Crippen LogP contribution in [0.15, 0.2) is 12.3 Å². The molecule has 1 aromatic heterocycles. The number of aromatic nitrogens is 2. The van der Waals surface area contributed by atoms with Crippen molar-refractivity contribution in [3.63, 3.8) is 0 Å². The van der Waals surface area contributed by atoms with Gasteiger partial charge in [0.1, 0.15) is 17.4 Å². The SMILES string of the molecule is NS(=O)(=O)Cc1nccc(N2CCCC2)n1. The number of nitrogens with zero attached hydrogens (tertiary/aromatic N) is 3. The summed E-state index contributed by atoms with van der Waals surface area (Å²) in [6, 6.07) is 1.79. The number of nitrogens with two attached hydrogens (primary N) is 1. The molecule has 88 valence electrons. The van der Waals surface area contributed by atoms with Crippen molar-refractivity contribution in [2.24, 2.45) is 5.14 Å². The molecule has 0 atom stereocenters. The fraction of sp³-hybridized carbons (Fsp3) is 0.556. The second kappa shape index (κ2) is 4.34. The highest BCUT2D eigenvalue weighted by atomic mass is 32.2. The average Bonchev–Trinajstić information content (AvgIpc) is 2.68. The minimum absolute atomic E-state index is 0.256. The van der Waals surface area contributed by atoms with Crippen molar-refractivity contribution in [2.45, 2.75) is 18.6 Å². The Hall–Kier alpha value is -1.21. The van der Waals surface area contributed by atoms with Crippen LogP contribution in [0.3, 0.4) is 0 Å². The van der Waals surface area contributed by atoms with E-state index in [0.717, 1.165) is 31.7 Å². The summed E-state index contributed by atoms with van der Waals surface area (Å²) in [7, 11) is -3.56. The first-order valence-corrected chi connectivity index (χ1v) is 6.83. The Balaban J connectivity index is 2.19. The first-order valence-electron chi connectivity index (χ1n) is 5.12. The van der Waals surface area contributed by atoms with Gasteiger partial charge in [0.05, 0.1) is 0 Å². The molecular formula is C9H14N4O2S. The Bertz CT molecular complexity index is 468. The molecule has 0 aromatic carbocycles. The van der Waals surface area contributed by atoms with Gasteiger partial charge in [-0.15, -0.1) is 0 Å². The molecule has 0 amide bonds. The van der Waals surface area contributed by atoms with Gasteiger partial charge in [-0.2, -0.15) is 0 Å². The fourth-order valence-corrected chi connectivity index (χ4v) is 2.26. The van der Waals surface area contributed by atoms with E-state index >= 15 is 0 Å². The predicted molar refractivity (Wildman–Crippen MR) is 60.3 cm³/mol. The fourth-order valence-electron chi connectivity index (χ4n) is 1.76. The van der Waals surface area contributed by atoms with E-state index in [9.17, 15) is 8.42 Å². The molecule has 2 rings (SSSR count). The van der Waals surface area contributed by atoms with Crippen LogP contribution in [0.2, 0.25) is 0 Å². The molecule has 1 aliphatic heterocycles. The maximum atomic E-state index is 10.9. The molecule has 1 saturated heterocycles. The lowest BCUT2D eigenvalue weighted by molar-refractivity contribution is 0.595. The van der Waals surface area contributed by atoms with Gasteiger partial charge < -0.3 is 4.90 Å². The van der Waals surface area contributed by atoms with Gasteiger partial charge in [-0.3, -0.25) is 0 Å². The van der Waals surface area contributed by atoms with E-state index in [2.05, 4.69) is 14.9 Å². The number of anilines is 1. The van der Waals surface area contributed by atoms with E-state index in [1.165, 1.54) is 0 Å². The molecule has 2 heterocycles. The van der Waals surface area contributed by atoms with Crippen LogP contribution in [0, 0.1) is 0 Å². The molecule has 0 unspecified atom stereocenters. The van der Waals surface area contributed by atoms with Gasteiger partial charge in [0.25, 0.3) is 0 Å². The Morgan fingerprint density at radius 2 is 2.06 bits per heavy atom. The van der Waals surface area contributed by atoms with Crippen molar-refractivity contribution >= 4 is 15.8 Å². The predicted octanol–water partition coefficient (Wildman–Crippen LogP) is -0.135. The first kappa shape index (κ1) is 11.3. The van der Waals surface area contributed by atoms with Crippen LogP contribution in [0.4, 0.5) is 5.82 Å². The molecule has 1 aliphatic rings. The molecule has 0 saturated carbocycles. The van der Waals surface area contributed by atoms with Gasteiger partial charge in [-0.25, -0.2) is 23.5 Å². The zero-order valence-corrected chi connectivity index (χ0v) is 9.65. The summed E-state index contributed by atoms with van der Waals surface area (Å²) in [6.07, 6.45) is 3.87. The van der Waals surface area contributed by atoms with Crippen LogP contribution < -0.4 is 10.0 Å². The molecule has 6 nitrogen and oxygen atoms in total. The van der Waals surface area contributed by atoms with Gasteiger partial charge in [0.2, 0.25) is 10.0 Å². The smallest absolute Gasteiger partial charge is 0.216 e. The third kappa shape index (κ3) is 2.89. The minimum Gasteiger partial charge on any atom is -0.357 e. The largest absolute Gasteiger partial charge is 0.357 e. The van der Waals surface area contributed by atoms with Gasteiger partial charge in [0, 0.05) is 19.3 Å². The highest BCUT2D eigenvalue weighted by Crippen LogP contribution is 2.17. The lowest BCUT2D eigenvalue weighted by Crippen LogP contribution is -2.21. The van der Waals surface area contributed by atoms with Crippen LogP contribution in [-0.2, 0) is 15.8 Å². The van der Waals surface area contributed by atoms with E-state index in [-0.39, 0.29) is 11.6 Å². The molecule has 7 heteroatoms. The van der Waals surface area contributed by atoms with Crippen molar-refractivity contribution in [3.05, 3.63) is 18.1 Å². The summed E-state index contributed by atoms with van der Waals surface area (Å²) in [4.78, 5) is 10.2. The second-order valence-corrected chi connectivity index (χ2v) is 5.45. The number of sulfonamides is 1. The summed E-state index contributed by atoms with van der Waals surface area (Å²) < 4.78 is 21.8. The van der Waals surface area contributed by atoms with Gasteiger partial charge in [0.15, 0.2) is 0 Å². The number of hydrogen-bond donors (Lipinski definition) is 1. The number of rotatable bonds is 3. The van der Waals surface area contributed by atoms with E-state index < -0.39 is 10.0 Å². The highest BCUT2D eigenvalue weighted by molar-refractivity contribution is 7.88. The Labute approximate surface area is 94.6 Å². The third-order valence-electron chi connectivity index (χ3n) is 2.45. The summed E-state index contributed by atoms with van der Waals surface area (Å²) >= 11 is 0. The topological polar surface area (TPSA) is 89.2 Å². The second-order valence-electron chi connectivity index (χ2n) is 3.83. The lowest BCUT2D eigenvalue weighted by Gasteiger charge is -2.16. The Kier molecular flexibility index (Phi) is 3.06. The van der Waals surface area contributed by atoms with Crippen LogP contribution >= 0.6 is 0 Å². The number of primary sulfonamides is 1. The van der Waals surface area contributed by atoms with Crippen LogP contribution in [0.5, 0.6) is 0 Å². The molecule has 0 bridgehead atoms. The van der Waals surface area contributed by atoms with Gasteiger partial charge in [-0.05, 0) is 18.9 Å². The molecule has 0 aliphatic carbocycles. The normalized spacial score (nSPS) is 16.7. The van der Waals surface area contributed by atoms with Crippen LogP contribution in [-0.4, -0.2) is 31.5 Å². The summed E-state index contributed by atoms with van der Waals surface area (Å²) in [5.41, 5.74) is 0. The van der Waals surface area contributed by atoms with Gasteiger partial charge >= 0.3 is 0 Å². The summed E-state index contributed by atoms with van der Waals surface area (Å²) in [6.45, 7) is 1.93. The monoisotopic (exact) mass is 242 g/mol. The average molecular weight is 242 g/mol. The number of hydrogen-bond acceptors (Lipinski definition) is 5. The van der Waals surface area contributed by atoms with Crippen LogP contribution in [0.1, 0.15) is 18.7 Å². The zero-order chi connectivity index (χ0) is 11.6. The highest BCUT2D eigenvalue weighted by Gasteiger charge is 2.15. The minimum atomic E-state index is -3.56. The standard InChI is InChI=1S/C9H14N4O2S/c10-16(14,15)7-8-11-4-3-9(12-8)13-5-1-2-6-13/h3-4H,1-2,5-7H2,(H2,10,14,15). The Morgan fingerprint density at radius 1 is 1.38 bits per heavy atom. The zero-order valence-electron chi connectivity index (χ0n) is 8.83. The summed E-state index contributed by atoms with van der Waals surface area (Å²) in [5.74, 6) is 0.729. The van der Waals surface area contributed by atoms with E-state index in [0.29, 0.717) is 0 Å². The molecule has 16 heavy (non-hydrogen) atoms. The maximum absolute atomic E-state index is 10.9. The van der Waals surface area contributed by atoms with Crippen molar-refractivity contribution in [2.75, 3.05) is 18.0 Å². The van der Waals surface area contributed by atoms with Crippen molar-refractivity contribution in [3.8, 4) is 0 Å². The molecule has 0 radical (unpaired) electrons. The third-order valence-corrected chi connectivity index (χ3v) is 3.11. The first-order chi connectivity index (χ1) is 7.54. The molecule has 1 fully saturated rings. The van der Waals surface area contributed by atoms with Crippen molar-refractivity contribution in [1.82, 2.24) is 9.97 Å². The molecule has 1 aromatic rings. The van der Waals surface area contributed by atoms with E-state index in [1.807, 2.05) is 0 Å².